The molecule has 94 valence electrons. The van der Waals surface area contributed by atoms with Crippen molar-refractivity contribution < 1.29 is 0 Å². The van der Waals surface area contributed by atoms with Crippen LogP contribution in [0.1, 0.15) is 24.0 Å². The maximum absolute atomic E-state index is 4.31. The van der Waals surface area contributed by atoms with Gasteiger partial charge in [0.15, 0.2) is 0 Å². The van der Waals surface area contributed by atoms with Crippen LogP contribution in [0.15, 0.2) is 41.1 Å². The number of hydrogen-bond donors (Lipinski definition) is 1. The van der Waals surface area contributed by atoms with Crippen molar-refractivity contribution in [3.63, 3.8) is 0 Å². The van der Waals surface area contributed by atoms with Gasteiger partial charge < -0.3 is 5.32 Å². The Morgan fingerprint density at radius 1 is 1.28 bits per heavy atom. The van der Waals surface area contributed by atoms with E-state index >= 15 is 0 Å². The van der Waals surface area contributed by atoms with Crippen molar-refractivity contribution in [3.8, 4) is 0 Å². The van der Waals surface area contributed by atoms with Crippen molar-refractivity contribution in [2.75, 3.05) is 0 Å². The molecule has 1 fully saturated rings. The zero-order valence-electron chi connectivity index (χ0n) is 10.1. The Balaban J connectivity index is 1.73. The molecule has 0 unspecified atom stereocenters. The summed E-state index contributed by atoms with van der Waals surface area (Å²) >= 11 is 3.43. The predicted molar refractivity (Wildman–Crippen MR) is 75.3 cm³/mol. The minimum atomic E-state index is 0.747. The molecule has 0 amide bonds. The number of rotatable bonds is 5. The lowest BCUT2D eigenvalue weighted by Crippen LogP contribution is -2.17. The van der Waals surface area contributed by atoms with Crippen LogP contribution in [0, 0.1) is 0 Å². The molecule has 0 spiro atoms. The van der Waals surface area contributed by atoms with Crippen LogP contribution in [0.5, 0.6) is 0 Å². The summed E-state index contributed by atoms with van der Waals surface area (Å²) < 4.78 is 2.98. The number of halogens is 1. The molecule has 3 nitrogen and oxygen atoms in total. The van der Waals surface area contributed by atoms with Crippen molar-refractivity contribution >= 4 is 15.9 Å². The quantitative estimate of drug-likeness (QED) is 0.920. The van der Waals surface area contributed by atoms with Gasteiger partial charge in [0, 0.05) is 18.8 Å². The van der Waals surface area contributed by atoms with Crippen LogP contribution in [0.2, 0.25) is 0 Å². The van der Waals surface area contributed by atoms with E-state index in [9.17, 15) is 0 Å². The third kappa shape index (κ3) is 3.00. The molecule has 1 aromatic carbocycles. The summed E-state index contributed by atoms with van der Waals surface area (Å²) in [6.45, 7) is 1.79. The summed E-state index contributed by atoms with van der Waals surface area (Å²) in [6.07, 6.45) is 6.48. The smallest absolute Gasteiger partial charge is 0.0662 e. The normalized spacial score (nSPS) is 14.9. The molecule has 0 atom stereocenters. The first-order valence-electron chi connectivity index (χ1n) is 6.29. The molecule has 1 N–H and O–H groups in total. The van der Waals surface area contributed by atoms with Crippen molar-refractivity contribution in [1.82, 2.24) is 15.1 Å². The van der Waals surface area contributed by atoms with E-state index in [1.807, 2.05) is 17.1 Å². The number of aromatic nitrogens is 2. The molecule has 4 heteroatoms. The summed E-state index contributed by atoms with van der Waals surface area (Å²) in [5.74, 6) is 0. The predicted octanol–water partition coefficient (Wildman–Crippen LogP) is 2.95. The van der Waals surface area contributed by atoms with E-state index in [1.165, 1.54) is 24.0 Å². The van der Waals surface area contributed by atoms with E-state index < -0.39 is 0 Å². The lowest BCUT2D eigenvalue weighted by molar-refractivity contribution is 0.653. The molecule has 0 aliphatic heterocycles. The minimum Gasteiger partial charge on any atom is -0.310 e. The van der Waals surface area contributed by atoms with Gasteiger partial charge in [-0.3, -0.25) is 4.68 Å². The van der Waals surface area contributed by atoms with Crippen LogP contribution in [-0.2, 0) is 13.1 Å². The molecule has 0 radical (unpaired) electrons. The molecule has 3 rings (SSSR count). The van der Waals surface area contributed by atoms with E-state index in [2.05, 4.69) is 50.6 Å². The van der Waals surface area contributed by atoms with Gasteiger partial charge in [0.2, 0.25) is 0 Å². The van der Waals surface area contributed by atoms with Gasteiger partial charge in [-0.05, 0) is 39.9 Å². The first kappa shape index (κ1) is 11.9. The SMILES string of the molecule is Brc1cnn(Cc2ccccc2CNC2CC2)c1. The van der Waals surface area contributed by atoms with Crippen LogP contribution < -0.4 is 5.32 Å². The lowest BCUT2D eigenvalue weighted by Gasteiger charge is -2.10. The Morgan fingerprint density at radius 3 is 2.72 bits per heavy atom. The molecular weight excluding hydrogens is 290 g/mol. The Morgan fingerprint density at radius 2 is 2.06 bits per heavy atom. The van der Waals surface area contributed by atoms with Crippen molar-refractivity contribution in [1.29, 1.82) is 0 Å². The van der Waals surface area contributed by atoms with Crippen molar-refractivity contribution in [2.45, 2.75) is 32.0 Å². The van der Waals surface area contributed by atoms with E-state index in [1.54, 1.807) is 0 Å². The fraction of sp³-hybridized carbons (Fsp3) is 0.357. The van der Waals surface area contributed by atoms with Gasteiger partial charge in [-0.2, -0.15) is 5.10 Å². The molecule has 1 saturated carbocycles. The number of hydrogen-bond acceptors (Lipinski definition) is 2. The first-order chi connectivity index (χ1) is 8.81. The summed E-state index contributed by atoms with van der Waals surface area (Å²) in [7, 11) is 0. The first-order valence-corrected chi connectivity index (χ1v) is 7.09. The second-order valence-electron chi connectivity index (χ2n) is 4.78. The molecule has 1 aromatic heterocycles. The second-order valence-corrected chi connectivity index (χ2v) is 5.70. The van der Waals surface area contributed by atoms with Gasteiger partial charge in [0.1, 0.15) is 0 Å². The summed E-state index contributed by atoms with van der Waals surface area (Å²) in [5, 5.41) is 7.87. The summed E-state index contributed by atoms with van der Waals surface area (Å²) in [5.41, 5.74) is 2.71. The van der Waals surface area contributed by atoms with Crippen LogP contribution in [0.25, 0.3) is 0 Å². The minimum absolute atomic E-state index is 0.747. The van der Waals surface area contributed by atoms with Gasteiger partial charge in [-0.25, -0.2) is 0 Å². The Bertz CT molecular complexity index is 531. The zero-order valence-corrected chi connectivity index (χ0v) is 11.7. The summed E-state index contributed by atoms with van der Waals surface area (Å²) in [6, 6.07) is 9.32. The number of nitrogens with one attached hydrogen (secondary N) is 1. The van der Waals surface area contributed by atoms with Crippen molar-refractivity contribution in [3.05, 3.63) is 52.3 Å². The monoisotopic (exact) mass is 305 g/mol. The van der Waals surface area contributed by atoms with Gasteiger partial charge in [-0.15, -0.1) is 0 Å². The molecule has 0 saturated heterocycles. The van der Waals surface area contributed by atoms with Crippen LogP contribution in [-0.4, -0.2) is 15.8 Å². The third-order valence-electron chi connectivity index (χ3n) is 3.21. The van der Waals surface area contributed by atoms with Gasteiger partial charge in [0.25, 0.3) is 0 Å². The molecule has 1 aliphatic rings. The molecule has 1 aliphatic carbocycles. The van der Waals surface area contributed by atoms with Crippen LogP contribution >= 0.6 is 15.9 Å². The van der Waals surface area contributed by atoms with Gasteiger partial charge in [0.05, 0.1) is 17.2 Å². The molecular formula is C14H16BrN3. The highest BCUT2D eigenvalue weighted by Gasteiger charge is 2.20. The molecule has 1 heterocycles. The summed E-state index contributed by atoms with van der Waals surface area (Å²) in [4.78, 5) is 0. The third-order valence-corrected chi connectivity index (χ3v) is 3.62. The Hall–Kier alpha value is -1.13. The second kappa shape index (κ2) is 5.24. The highest BCUT2D eigenvalue weighted by Crippen LogP contribution is 2.20. The highest BCUT2D eigenvalue weighted by molar-refractivity contribution is 9.10. The van der Waals surface area contributed by atoms with E-state index in [4.69, 9.17) is 0 Å². The van der Waals surface area contributed by atoms with E-state index in [-0.39, 0.29) is 0 Å². The van der Waals surface area contributed by atoms with Crippen LogP contribution in [0.3, 0.4) is 0 Å². The standard InChI is InChI=1S/C14H16BrN3/c15-13-8-17-18(10-13)9-12-4-2-1-3-11(12)7-16-14-5-6-14/h1-4,8,10,14,16H,5-7,9H2. The van der Waals surface area contributed by atoms with E-state index in [0.29, 0.717) is 0 Å². The fourth-order valence-corrected chi connectivity index (χ4v) is 2.35. The fourth-order valence-electron chi connectivity index (χ4n) is 2.03. The van der Waals surface area contributed by atoms with Gasteiger partial charge in [-0.1, -0.05) is 24.3 Å². The number of benzene rings is 1. The maximum atomic E-state index is 4.31. The largest absolute Gasteiger partial charge is 0.310 e. The average molecular weight is 306 g/mol. The van der Waals surface area contributed by atoms with Gasteiger partial charge >= 0.3 is 0 Å². The lowest BCUT2D eigenvalue weighted by atomic mass is 10.1. The average Bonchev–Trinajstić information content (AvgIpc) is 3.12. The zero-order chi connectivity index (χ0) is 12.4. The van der Waals surface area contributed by atoms with Crippen molar-refractivity contribution in [2.24, 2.45) is 0 Å². The molecule has 18 heavy (non-hydrogen) atoms. The molecule has 2 aromatic rings. The topological polar surface area (TPSA) is 29.9 Å². The Kier molecular flexibility index (Phi) is 3.48. The Labute approximate surface area is 115 Å². The van der Waals surface area contributed by atoms with E-state index in [0.717, 1.165) is 23.6 Å². The molecule has 0 bridgehead atoms. The highest BCUT2D eigenvalue weighted by atomic mass is 79.9. The van der Waals surface area contributed by atoms with Crippen LogP contribution in [0.4, 0.5) is 0 Å². The maximum Gasteiger partial charge on any atom is 0.0662 e. The number of nitrogens with zero attached hydrogens (tertiary/aromatic N) is 2.